The van der Waals surface area contributed by atoms with Crippen molar-refractivity contribution in [1.29, 1.82) is 0 Å². The molecule has 2 heterocycles. The molecule has 7 heteroatoms. The first-order chi connectivity index (χ1) is 8.36. The third-order valence-electron chi connectivity index (χ3n) is 2.59. The summed E-state index contributed by atoms with van der Waals surface area (Å²) in [6.07, 6.45) is -4.77. The van der Waals surface area contributed by atoms with E-state index in [1.54, 1.807) is 0 Å². The van der Waals surface area contributed by atoms with E-state index >= 15 is 0 Å². The van der Waals surface area contributed by atoms with E-state index in [2.05, 4.69) is 4.98 Å². The predicted octanol–water partition coefficient (Wildman–Crippen LogP) is 1.71. The SMILES string of the molecule is CC(=O)N1CC(Oc2cccc(C(F)(F)F)n2)C1. The van der Waals surface area contributed by atoms with Crippen LogP contribution < -0.4 is 4.74 Å². The van der Waals surface area contributed by atoms with Crippen LogP contribution in [0.3, 0.4) is 0 Å². The van der Waals surface area contributed by atoms with Crippen molar-refractivity contribution >= 4 is 5.91 Å². The summed E-state index contributed by atoms with van der Waals surface area (Å²) >= 11 is 0. The van der Waals surface area contributed by atoms with Gasteiger partial charge in [0.15, 0.2) is 0 Å². The van der Waals surface area contributed by atoms with Gasteiger partial charge in [0.25, 0.3) is 0 Å². The van der Waals surface area contributed by atoms with Gasteiger partial charge in [-0.2, -0.15) is 13.2 Å². The highest BCUT2D eigenvalue weighted by atomic mass is 19.4. The van der Waals surface area contributed by atoms with Crippen LogP contribution in [0.5, 0.6) is 5.88 Å². The molecule has 1 fully saturated rings. The summed E-state index contributed by atoms with van der Waals surface area (Å²) in [6, 6.07) is 3.49. The molecule has 18 heavy (non-hydrogen) atoms. The Bertz CT molecular complexity index is 456. The number of carbonyl (C=O) groups is 1. The molecule has 1 saturated heterocycles. The Hall–Kier alpha value is -1.79. The van der Waals surface area contributed by atoms with Gasteiger partial charge < -0.3 is 9.64 Å². The van der Waals surface area contributed by atoms with Crippen LogP contribution >= 0.6 is 0 Å². The number of alkyl halides is 3. The van der Waals surface area contributed by atoms with Gasteiger partial charge in [0, 0.05) is 13.0 Å². The van der Waals surface area contributed by atoms with Crippen LogP contribution in [-0.4, -0.2) is 35.0 Å². The van der Waals surface area contributed by atoms with Crippen LogP contribution in [0.4, 0.5) is 13.2 Å². The van der Waals surface area contributed by atoms with Gasteiger partial charge in [-0.3, -0.25) is 4.79 Å². The van der Waals surface area contributed by atoms with E-state index in [1.807, 2.05) is 0 Å². The highest BCUT2D eigenvalue weighted by Gasteiger charge is 2.34. The van der Waals surface area contributed by atoms with Crippen LogP contribution in [0.25, 0.3) is 0 Å². The smallest absolute Gasteiger partial charge is 0.433 e. The topological polar surface area (TPSA) is 42.4 Å². The first-order valence-corrected chi connectivity index (χ1v) is 5.32. The number of amides is 1. The Labute approximate surface area is 101 Å². The monoisotopic (exact) mass is 260 g/mol. The summed E-state index contributed by atoms with van der Waals surface area (Å²) in [4.78, 5) is 15.8. The molecule has 0 spiro atoms. The van der Waals surface area contributed by atoms with Crippen molar-refractivity contribution in [2.45, 2.75) is 19.2 Å². The fourth-order valence-corrected chi connectivity index (χ4v) is 1.58. The third-order valence-corrected chi connectivity index (χ3v) is 2.59. The van der Waals surface area contributed by atoms with Crippen molar-refractivity contribution in [2.75, 3.05) is 13.1 Å². The van der Waals surface area contributed by atoms with Gasteiger partial charge in [-0.15, -0.1) is 0 Å². The van der Waals surface area contributed by atoms with Crippen molar-refractivity contribution in [3.05, 3.63) is 23.9 Å². The minimum absolute atomic E-state index is 0.0713. The average molecular weight is 260 g/mol. The molecule has 0 unspecified atom stereocenters. The molecule has 0 aromatic carbocycles. The number of rotatable bonds is 2. The standard InChI is InChI=1S/C11H11F3N2O2/c1-7(17)16-5-8(6-16)18-10-4-2-3-9(15-10)11(12,13)14/h2-4,8H,5-6H2,1H3. The average Bonchev–Trinajstić information content (AvgIpc) is 2.21. The molecule has 1 aromatic rings. The first kappa shape index (κ1) is 12.7. The number of likely N-dealkylation sites (tertiary alicyclic amines) is 1. The molecule has 4 nitrogen and oxygen atoms in total. The van der Waals surface area contributed by atoms with Crippen LogP contribution in [0.1, 0.15) is 12.6 Å². The van der Waals surface area contributed by atoms with Gasteiger partial charge in [-0.1, -0.05) is 6.07 Å². The molecule has 0 bridgehead atoms. The highest BCUT2D eigenvalue weighted by molar-refractivity contribution is 5.74. The molecule has 0 N–H and O–H groups in total. The van der Waals surface area contributed by atoms with Crippen molar-refractivity contribution in [1.82, 2.24) is 9.88 Å². The maximum Gasteiger partial charge on any atom is 0.433 e. The summed E-state index contributed by atoms with van der Waals surface area (Å²) in [6.45, 7) is 2.19. The lowest BCUT2D eigenvalue weighted by Gasteiger charge is -2.37. The maximum absolute atomic E-state index is 12.4. The van der Waals surface area contributed by atoms with Crippen LogP contribution in [0.2, 0.25) is 0 Å². The third kappa shape index (κ3) is 2.72. The number of pyridine rings is 1. The second-order valence-corrected chi connectivity index (χ2v) is 4.02. The summed E-state index contributed by atoms with van der Waals surface area (Å²) in [7, 11) is 0. The molecule has 0 atom stereocenters. The molecule has 1 amide bonds. The summed E-state index contributed by atoms with van der Waals surface area (Å²) in [5.41, 5.74) is -0.984. The van der Waals surface area contributed by atoms with E-state index in [0.717, 1.165) is 6.07 Å². The lowest BCUT2D eigenvalue weighted by atomic mass is 10.2. The quantitative estimate of drug-likeness (QED) is 0.813. The van der Waals surface area contributed by atoms with E-state index in [9.17, 15) is 18.0 Å². The summed E-state index contributed by atoms with van der Waals surface area (Å²) < 4.78 is 42.5. The van der Waals surface area contributed by atoms with Gasteiger partial charge in [-0.25, -0.2) is 4.98 Å². The normalized spacial score (nSPS) is 16.3. The van der Waals surface area contributed by atoms with Gasteiger partial charge >= 0.3 is 6.18 Å². The van der Waals surface area contributed by atoms with Crippen LogP contribution in [0, 0.1) is 0 Å². The first-order valence-electron chi connectivity index (χ1n) is 5.32. The minimum Gasteiger partial charge on any atom is -0.471 e. The predicted molar refractivity (Wildman–Crippen MR) is 55.9 cm³/mol. The number of halogens is 3. The zero-order valence-electron chi connectivity index (χ0n) is 9.57. The molecule has 0 saturated carbocycles. The fourth-order valence-electron chi connectivity index (χ4n) is 1.58. The zero-order valence-corrected chi connectivity index (χ0v) is 9.57. The summed E-state index contributed by atoms with van der Waals surface area (Å²) in [5, 5.41) is 0. The van der Waals surface area contributed by atoms with Crippen molar-refractivity contribution in [3.63, 3.8) is 0 Å². The van der Waals surface area contributed by atoms with Crippen LogP contribution in [-0.2, 0) is 11.0 Å². The Morgan fingerprint density at radius 2 is 2.11 bits per heavy atom. The fraction of sp³-hybridized carbons (Fsp3) is 0.455. The Balaban J connectivity index is 1.97. The van der Waals surface area contributed by atoms with Gasteiger partial charge in [0.2, 0.25) is 11.8 Å². The van der Waals surface area contributed by atoms with Crippen LogP contribution in [0.15, 0.2) is 18.2 Å². The van der Waals surface area contributed by atoms with Crippen molar-refractivity contribution in [2.24, 2.45) is 0 Å². The number of aromatic nitrogens is 1. The van der Waals surface area contributed by atoms with Gasteiger partial charge in [0.05, 0.1) is 13.1 Å². The molecule has 1 aromatic heterocycles. The zero-order chi connectivity index (χ0) is 13.3. The molecule has 2 rings (SSSR count). The number of ether oxygens (including phenoxy) is 1. The maximum atomic E-state index is 12.4. The second-order valence-electron chi connectivity index (χ2n) is 4.02. The molecular weight excluding hydrogens is 249 g/mol. The largest absolute Gasteiger partial charge is 0.471 e. The van der Waals surface area contributed by atoms with Gasteiger partial charge in [0.1, 0.15) is 11.8 Å². The Morgan fingerprint density at radius 1 is 1.44 bits per heavy atom. The Morgan fingerprint density at radius 3 is 2.67 bits per heavy atom. The number of nitrogens with zero attached hydrogens (tertiary/aromatic N) is 2. The molecule has 1 aliphatic rings. The van der Waals surface area contributed by atoms with E-state index in [4.69, 9.17) is 4.74 Å². The lowest BCUT2D eigenvalue weighted by molar-refractivity contribution is -0.141. The van der Waals surface area contributed by atoms with Crippen molar-refractivity contribution < 1.29 is 22.7 Å². The lowest BCUT2D eigenvalue weighted by Crippen LogP contribution is -2.55. The Kier molecular flexibility index (Phi) is 3.14. The second kappa shape index (κ2) is 4.47. The van der Waals surface area contributed by atoms with E-state index in [1.165, 1.54) is 24.0 Å². The number of hydrogen-bond acceptors (Lipinski definition) is 3. The van der Waals surface area contributed by atoms with Crippen molar-refractivity contribution in [3.8, 4) is 5.88 Å². The van der Waals surface area contributed by atoms with E-state index in [0.29, 0.717) is 13.1 Å². The molecular formula is C11H11F3N2O2. The molecule has 98 valence electrons. The highest BCUT2D eigenvalue weighted by Crippen LogP contribution is 2.29. The number of hydrogen-bond donors (Lipinski definition) is 0. The number of carbonyl (C=O) groups excluding carboxylic acids is 1. The minimum atomic E-state index is -4.48. The molecule has 1 aliphatic heterocycles. The van der Waals surface area contributed by atoms with Gasteiger partial charge in [-0.05, 0) is 6.07 Å². The molecule has 0 radical (unpaired) electrons. The summed E-state index contributed by atoms with van der Waals surface area (Å²) in [5.74, 6) is -0.148. The van der Waals surface area contributed by atoms with E-state index < -0.39 is 11.9 Å². The molecule has 0 aliphatic carbocycles. The van der Waals surface area contributed by atoms with E-state index in [-0.39, 0.29) is 17.9 Å².